The first kappa shape index (κ1) is 20.9. The van der Waals surface area contributed by atoms with E-state index in [0.29, 0.717) is 37.9 Å². The van der Waals surface area contributed by atoms with Crippen molar-refractivity contribution < 1.29 is 14.3 Å². The number of rotatable bonds is 6. The number of fused-ring (bicyclic) bond motifs is 2. The Morgan fingerprint density at radius 1 is 1.26 bits per heavy atom. The largest absolute Gasteiger partial charge is 0.505 e. The van der Waals surface area contributed by atoms with E-state index in [1.807, 2.05) is 25.1 Å². The molecule has 6 rings (SSSR count). The fraction of sp³-hybridized carbons (Fsp3) is 0.320. The smallest absolute Gasteiger partial charge is 0.234 e. The molecule has 0 bridgehead atoms. The molecule has 3 heterocycles. The minimum absolute atomic E-state index is 0.0710. The van der Waals surface area contributed by atoms with Crippen LogP contribution in [-0.2, 0) is 24.3 Å². The number of aromatic amines is 2. The molecule has 34 heavy (non-hydrogen) atoms. The third-order valence-corrected chi connectivity index (χ3v) is 6.58. The van der Waals surface area contributed by atoms with Crippen molar-refractivity contribution in [1.29, 1.82) is 0 Å². The average molecular weight is 461 g/mol. The van der Waals surface area contributed by atoms with E-state index in [2.05, 4.69) is 25.4 Å². The normalized spacial score (nSPS) is 15.7. The lowest BCUT2D eigenvalue weighted by Gasteiger charge is -2.14. The van der Waals surface area contributed by atoms with Crippen molar-refractivity contribution in [2.24, 2.45) is 0 Å². The third kappa shape index (κ3) is 3.71. The molecule has 9 heteroatoms. The number of aryl methyl sites for hydroxylation is 1. The van der Waals surface area contributed by atoms with Crippen LogP contribution in [0.5, 0.6) is 5.75 Å². The molecule has 4 aromatic rings. The van der Waals surface area contributed by atoms with E-state index in [9.17, 15) is 14.3 Å². The second-order valence-corrected chi connectivity index (χ2v) is 9.14. The summed E-state index contributed by atoms with van der Waals surface area (Å²) in [7, 11) is 0. The lowest BCUT2D eigenvalue weighted by atomic mass is 9.96. The van der Waals surface area contributed by atoms with E-state index in [4.69, 9.17) is 4.98 Å². The summed E-state index contributed by atoms with van der Waals surface area (Å²) < 4.78 is 14.0. The molecule has 0 spiro atoms. The zero-order valence-electron chi connectivity index (χ0n) is 18.8. The van der Waals surface area contributed by atoms with Crippen LogP contribution in [0.1, 0.15) is 36.7 Å². The summed E-state index contributed by atoms with van der Waals surface area (Å²) in [5.41, 5.74) is 5.96. The van der Waals surface area contributed by atoms with Crippen LogP contribution in [0, 0.1) is 5.82 Å². The summed E-state index contributed by atoms with van der Waals surface area (Å²) >= 11 is 0. The van der Waals surface area contributed by atoms with Crippen molar-refractivity contribution >= 4 is 16.8 Å². The first-order valence-corrected chi connectivity index (χ1v) is 11.6. The van der Waals surface area contributed by atoms with Gasteiger partial charge in [-0.25, -0.2) is 9.37 Å². The predicted molar refractivity (Wildman–Crippen MR) is 125 cm³/mol. The van der Waals surface area contributed by atoms with Gasteiger partial charge in [0.05, 0.1) is 23.4 Å². The highest BCUT2D eigenvalue weighted by molar-refractivity contribution is 5.94. The number of benzene rings is 2. The van der Waals surface area contributed by atoms with Crippen molar-refractivity contribution in [1.82, 2.24) is 30.4 Å². The number of H-pyrrole nitrogens is 2. The Labute approximate surface area is 195 Å². The number of imidazole rings is 1. The number of nitrogens with zero attached hydrogens (tertiary/aromatic N) is 3. The van der Waals surface area contributed by atoms with Gasteiger partial charge in [-0.2, -0.15) is 5.10 Å². The lowest BCUT2D eigenvalue weighted by molar-refractivity contribution is -0.122. The highest BCUT2D eigenvalue weighted by Gasteiger charge is 2.28. The van der Waals surface area contributed by atoms with Gasteiger partial charge in [0, 0.05) is 24.5 Å². The molecule has 1 saturated carbocycles. The summed E-state index contributed by atoms with van der Waals surface area (Å²) in [4.78, 5) is 22.3. The summed E-state index contributed by atoms with van der Waals surface area (Å²) in [5.74, 6) is -0.210. The molecule has 1 amide bonds. The first-order valence-electron chi connectivity index (χ1n) is 11.6. The number of nitrogens with one attached hydrogen (secondary N) is 3. The SMILES string of the molecule is CCc1cc(O)c(F)cc1-c1ccc2c(-c3nc4c([nH]3)CN(CC(=O)NC3CC3)C4)n[nH]c2c1. The number of aromatic nitrogens is 4. The van der Waals surface area contributed by atoms with Gasteiger partial charge in [-0.1, -0.05) is 13.0 Å². The van der Waals surface area contributed by atoms with Crippen LogP contribution >= 0.6 is 0 Å². The lowest BCUT2D eigenvalue weighted by Crippen LogP contribution is -2.35. The molecule has 2 aromatic heterocycles. The molecule has 2 aromatic carbocycles. The Hall–Kier alpha value is -3.72. The maximum absolute atomic E-state index is 14.0. The van der Waals surface area contributed by atoms with Crippen molar-refractivity contribution in [3.8, 4) is 28.4 Å². The fourth-order valence-corrected chi connectivity index (χ4v) is 4.66. The number of phenols is 1. The number of hydrogen-bond donors (Lipinski definition) is 4. The van der Waals surface area contributed by atoms with Crippen molar-refractivity contribution in [3.63, 3.8) is 0 Å². The number of carbonyl (C=O) groups is 1. The number of halogens is 1. The van der Waals surface area contributed by atoms with Gasteiger partial charge in [0.25, 0.3) is 0 Å². The van der Waals surface area contributed by atoms with E-state index in [-0.39, 0.29) is 11.7 Å². The van der Waals surface area contributed by atoms with Gasteiger partial charge in [-0.15, -0.1) is 0 Å². The molecule has 1 aliphatic carbocycles. The fourth-order valence-electron chi connectivity index (χ4n) is 4.66. The summed E-state index contributed by atoms with van der Waals surface area (Å²) in [6, 6.07) is 9.05. The Balaban J connectivity index is 1.24. The van der Waals surface area contributed by atoms with Crippen LogP contribution < -0.4 is 5.32 Å². The molecule has 1 aliphatic heterocycles. The summed E-state index contributed by atoms with van der Waals surface area (Å²) in [6.45, 7) is 3.63. The highest BCUT2D eigenvalue weighted by atomic mass is 19.1. The van der Waals surface area contributed by atoms with E-state index in [1.54, 1.807) is 0 Å². The second-order valence-electron chi connectivity index (χ2n) is 9.14. The van der Waals surface area contributed by atoms with E-state index in [1.165, 1.54) is 12.1 Å². The van der Waals surface area contributed by atoms with Crippen LogP contribution in [0.2, 0.25) is 0 Å². The molecule has 1 fully saturated rings. The van der Waals surface area contributed by atoms with E-state index in [0.717, 1.165) is 57.5 Å². The van der Waals surface area contributed by atoms with Gasteiger partial charge in [-0.05, 0) is 60.2 Å². The summed E-state index contributed by atoms with van der Waals surface area (Å²) in [6.07, 6.45) is 2.84. The number of aromatic hydroxyl groups is 1. The van der Waals surface area contributed by atoms with Crippen molar-refractivity contribution in [2.45, 2.75) is 45.3 Å². The zero-order chi connectivity index (χ0) is 23.4. The van der Waals surface area contributed by atoms with Gasteiger partial charge in [-0.3, -0.25) is 14.8 Å². The highest BCUT2D eigenvalue weighted by Crippen LogP contribution is 2.34. The Morgan fingerprint density at radius 2 is 2.12 bits per heavy atom. The molecule has 2 aliphatic rings. The molecule has 0 saturated heterocycles. The van der Waals surface area contributed by atoms with Gasteiger partial charge in [0.1, 0.15) is 5.69 Å². The third-order valence-electron chi connectivity index (χ3n) is 6.58. The first-order chi connectivity index (χ1) is 16.5. The van der Waals surface area contributed by atoms with Crippen molar-refractivity contribution in [3.05, 3.63) is 53.1 Å². The number of phenolic OH excluding ortho intramolecular Hbond substituents is 1. The predicted octanol–water partition coefficient (Wildman–Crippen LogP) is 3.62. The van der Waals surface area contributed by atoms with Crippen LogP contribution in [0.15, 0.2) is 30.3 Å². The topological polar surface area (TPSA) is 110 Å². The molecule has 4 N–H and O–H groups in total. The maximum atomic E-state index is 14.0. The van der Waals surface area contributed by atoms with E-state index < -0.39 is 5.82 Å². The Kier molecular flexibility index (Phi) is 4.88. The zero-order valence-corrected chi connectivity index (χ0v) is 18.8. The van der Waals surface area contributed by atoms with Gasteiger partial charge in [0.15, 0.2) is 17.4 Å². The molecule has 0 unspecified atom stereocenters. The van der Waals surface area contributed by atoms with Gasteiger partial charge in [0.2, 0.25) is 5.91 Å². The average Bonchev–Trinajstić information content (AvgIpc) is 3.22. The van der Waals surface area contributed by atoms with Crippen LogP contribution in [-0.4, -0.2) is 48.7 Å². The van der Waals surface area contributed by atoms with Crippen molar-refractivity contribution in [2.75, 3.05) is 6.54 Å². The number of carbonyl (C=O) groups excluding carboxylic acids is 1. The minimum Gasteiger partial charge on any atom is -0.505 e. The molecular weight excluding hydrogens is 435 g/mol. The monoisotopic (exact) mass is 460 g/mol. The second kappa shape index (κ2) is 7.95. The van der Waals surface area contributed by atoms with Crippen LogP contribution in [0.25, 0.3) is 33.5 Å². The maximum Gasteiger partial charge on any atom is 0.234 e. The quantitative estimate of drug-likeness (QED) is 0.351. The standard InChI is InChI=1S/C25H25FN6O2/c1-2-13-8-22(33)18(26)9-17(13)14-3-6-16-19(7-14)30-31-24(16)25-28-20-10-32(11-21(20)29-25)12-23(34)27-15-4-5-15/h3,6-9,15,33H,2,4-5,10-12H2,1H3,(H,27,34)(H,28,29)(H,30,31). The molecule has 174 valence electrons. The van der Waals surface area contributed by atoms with Gasteiger partial charge >= 0.3 is 0 Å². The number of amides is 1. The Morgan fingerprint density at radius 3 is 2.88 bits per heavy atom. The summed E-state index contributed by atoms with van der Waals surface area (Å²) in [5, 5.41) is 21.2. The number of hydrogen-bond acceptors (Lipinski definition) is 5. The Bertz CT molecular complexity index is 1400. The van der Waals surface area contributed by atoms with Gasteiger partial charge < -0.3 is 15.4 Å². The molecular formula is C25H25FN6O2. The van der Waals surface area contributed by atoms with Crippen LogP contribution in [0.4, 0.5) is 4.39 Å². The molecule has 0 radical (unpaired) electrons. The molecule has 0 atom stereocenters. The minimum atomic E-state index is -0.637. The van der Waals surface area contributed by atoms with Crippen LogP contribution in [0.3, 0.4) is 0 Å². The molecule has 8 nitrogen and oxygen atoms in total. The van der Waals surface area contributed by atoms with E-state index >= 15 is 0 Å².